The predicted octanol–water partition coefficient (Wildman–Crippen LogP) is 2.76. The lowest BCUT2D eigenvalue weighted by molar-refractivity contribution is -0.384. The zero-order chi connectivity index (χ0) is 17.9. The fourth-order valence-electron chi connectivity index (χ4n) is 2.51. The number of nitrogens with one attached hydrogen (secondary N) is 1. The third kappa shape index (κ3) is 3.76. The van der Waals surface area contributed by atoms with Crippen molar-refractivity contribution in [1.29, 1.82) is 0 Å². The molecule has 0 aliphatic carbocycles. The average molecular weight is 337 g/mol. The van der Waals surface area contributed by atoms with Crippen LogP contribution in [0.5, 0.6) is 0 Å². The van der Waals surface area contributed by atoms with Crippen LogP contribution < -0.4 is 10.2 Å². The first kappa shape index (κ1) is 18.0. The minimum absolute atomic E-state index is 0.0725. The summed E-state index contributed by atoms with van der Waals surface area (Å²) in [6, 6.07) is 4.25. The van der Waals surface area contributed by atoms with E-state index in [1.165, 1.54) is 17.0 Å². The molecule has 1 aliphatic rings. The Bertz CT molecular complexity index is 632. The second-order valence-electron chi connectivity index (χ2n) is 6.24. The summed E-state index contributed by atoms with van der Waals surface area (Å²) in [5, 5.41) is 24.6. The highest BCUT2D eigenvalue weighted by Gasteiger charge is 2.30. The molecule has 0 radical (unpaired) electrons. The minimum atomic E-state index is -0.945. The van der Waals surface area contributed by atoms with Crippen LogP contribution in [0.25, 0.3) is 0 Å². The summed E-state index contributed by atoms with van der Waals surface area (Å²) in [5.41, 5.74) is -0.127. The summed E-state index contributed by atoms with van der Waals surface area (Å²) in [4.78, 5) is 23.7. The van der Waals surface area contributed by atoms with Crippen molar-refractivity contribution in [3.63, 3.8) is 0 Å². The van der Waals surface area contributed by atoms with Crippen molar-refractivity contribution in [1.82, 2.24) is 0 Å². The van der Waals surface area contributed by atoms with Crippen molar-refractivity contribution in [3.8, 4) is 0 Å². The van der Waals surface area contributed by atoms with Crippen molar-refractivity contribution < 1.29 is 19.6 Å². The number of anilines is 2. The number of amides is 1. The van der Waals surface area contributed by atoms with Gasteiger partial charge in [0.1, 0.15) is 6.61 Å². The Morgan fingerprint density at radius 3 is 2.79 bits per heavy atom. The highest BCUT2D eigenvalue weighted by atomic mass is 16.6. The Morgan fingerprint density at radius 1 is 1.54 bits per heavy atom. The van der Waals surface area contributed by atoms with Gasteiger partial charge in [-0.2, -0.15) is 0 Å². The molecule has 0 spiro atoms. The molecule has 2 N–H and O–H groups in total. The molecule has 0 saturated carbocycles. The predicted molar refractivity (Wildman–Crippen MR) is 90.4 cm³/mol. The van der Waals surface area contributed by atoms with E-state index in [2.05, 4.69) is 5.32 Å². The first-order valence-electron chi connectivity index (χ1n) is 7.95. The topological polar surface area (TPSA) is 105 Å². The van der Waals surface area contributed by atoms with E-state index in [0.717, 1.165) is 6.42 Å². The van der Waals surface area contributed by atoms with Crippen LogP contribution in [0, 0.1) is 16.0 Å². The molecule has 132 valence electrons. The maximum atomic E-state index is 11.8. The van der Waals surface area contributed by atoms with Gasteiger partial charge in [-0.15, -0.1) is 0 Å². The molecular formula is C16H23N3O5. The number of hydrogen-bond acceptors (Lipinski definition) is 6. The molecule has 0 bridgehead atoms. The number of carbonyl (C=O) groups excluding carboxylic acids is 1. The highest BCUT2D eigenvalue weighted by Crippen LogP contribution is 2.33. The van der Waals surface area contributed by atoms with Crippen LogP contribution in [0.4, 0.5) is 21.9 Å². The molecule has 8 heteroatoms. The molecule has 2 unspecified atom stereocenters. The molecule has 2 atom stereocenters. The minimum Gasteiger partial charge on any atom is -0.447 e. The van der Waals surface area contributed by atoms with Crippen LogP contribution in [0.3, 0.4) is 0 Å². The molecular weight excluding hydrogens is 314 g/mol. The number of nitro groups is 1. The van der Waals surface area contributed by atoms with Gasteiger partial charge >= 0.3 is 6.09 Å². The molecule has 1 amide bonds. The molecule has 1 fully saturated rings. The maximum absolute atomic E-state index is 11.8. The normalized spacial score (nSPS) is 18.0. The van der Waals surface area contributed by atoms with Crippen molar-refractivity contribution >= 4 is 23.2 Å². The Morgan fingerprint density at radius 2 is 2.25 bits per heavy atom. The van der Waals surface area contributed by atoms with Crippen LogP contribution in [0.15, 0.2) is 18.2 Å². The third-order valence-electron chi connectivity index (χ3n) is 4.55. The number of nitro benzene ring substituents is 1. The number of non-ortho nitro benzene ring substituents is 1. The van der Waals surface area contributed by atoms with E-state index in [1.54, 1.807) is 13.0 Å². The van der Waals surface area contributed by atoms with Gasteiger partial charge in [0.05, 0.1) is 28.4 Å². The standard InChI is InChI=1S/C16H23N3O5/c1-4-11(2)16(3,21)10-17-13-6-5-12(19(22)23)9-14(13)18-7-8-24-15(18)20/h5-6,9,11,17,21H,4,7-8,10H2,1-3H3. The molecule has 24 heavy (non-hydrogen) atoms. The van der Waals surface area contributed by atoms with Crippen LogP contribution in [-0.4, -0.2) is 41.4 Å². The number of benzene rings is 1. The first-order valence-corrected chi connectivity index (χ1v) is 7.95. The monoisotopic (exact) mass is 337 g/mol. The number of aliphatic hydroxyl groups is 1. The van der Waals surface area contributed by atoms with Gasteiger partial charge in [0, 0.05) is 18.7 Å². The maximum Gasteiger partial charge on any atom is 0.414 e. The molecule has 1 aromatic carbocycles. The van der Waals surface area contributed by atoms with Gasteiger partial charge in [0.2, 0.25) is 0 Å². The van der Waals surface area contributed by atoms with E-state index in [-0.39, 0.29) is 24.8 Å². The lowest BCUT2D eigenvalue weighted by Gasteiger charge is -2.31. The van der Waals surface area contributed by atoms with Crippen LogP contribution in [0.2, 0.25) is 0 Å². The SMILES string of the molecule is CCC(C)C(C)(O)CNc1ccc([N+](=O)[O-])cc1N1CCOC1=O. The zero-order valence-corrected chi connectivity index (χ0v) is 14.1. The van der Waals surface area contributed by atoms with E-state index >= 15 is 0 Å². The van der Waals surface area contributed by atoms with Gasteiger partial charge in [-0.1, -0.05) is 20.3 Å². The van der Waals surface area contributed by atoms with Crippen LogP contribution in [-0.2, 0) is 4.74 Å². The molecule has 1 saturated heterocycles. The molecule has 8 nitrogen and oxygen atoms in total. The Labute approximate surface area is 140 Å². The largest absolute Gasteiger partial charge is 0.447 e. The third-order valence-corrected chi connectivity index (χ3v) is 4.55. The number of ether oxygens (including phenoxy) is 1. The quantitative estimate of drug-likeness (QED) is 0.585. The van der Waals surface area contributed by atoms with Gasteiger partial charge < -0.3 is 15.2 Å². The van der Waals surface area contributed by atoms with Crippen molar-refractivity contribution in [2.45, 2.75) is 32.8 Å². The Balaban J connectivity index is 2.28. The van der Waals surface area contributed by atoms with Gasteiger partial charge in [-0.3, -0.25) is 15.0 Å². The van der Waals surface area contributed by atoms with Gasteiger partial charge in [-0.05, 0) is 18.9 Å². The molecule has 1 aliphatic heterocycles. The Kier molecular flexibility index (Phi) is 5.28. The van der Waals surface area contributed by atoms with E-state index in [0.29, 0.717) is 17.9 Å². The number of nitrogens with zero attached hydrogens (tertiary/aromatic N) is 2. The fourth-order valence-corrected chi connectivity index (χ4v) is 2.51. The highest BCUT2D eigenvalue weighted by molar-refractivity contribution is 5.94. The van der Waals surface area contributed by atoms with E-state index in [9.17, 15) is 20.0 Å². The van der Waals surface area contributed by atoms with Crippen molar-refractivity contribution in [3.05, 3.63) is 28.3 Å². The summed E-state index contributed by atoms with van der Waals surface area (Å²) >= 11 is 0. The molecule has 2 rings (SSSR count). The molecule has 1 heterocycles. The van der Waals surface area contributed by atoms with Gasteiger partial charge in [0.25, 0.3) is 5.69 Å². The number of carbonyl (C=O) groups is 1. The van der Waals surface area contributed by atoms with Crippen LogP contribution in [0.1, 0.15) is 27.2 Å². The van der Waals surface area contributed by atoms with Gasteiger partial charge in [-0.25, -0.2) is 4.79 Å². The molecule has 1 aromatic rings. The average Bonchev–Trinajstić information content (AvgIpc) is 2.97. The van der Waals surface area contributed by atoms with E-state index in [4.69, 9.17) is 4.74 Å². The van der Waals surface area contributed by atoms with Crippen LogP contribution >= 0.6 is 0 Å². The first-order chi connectivity index (χ1) is 11.3. The summed E-state index contributed by atoms with van der Waals surface area (Å²) < 4.78 is 4.92. The summed E-state index contributed by atoms with van der Waals surface area (Å²) in [6.07, 6.45) is 0.285. The lowest BCUT2D eigenvalue weighted by Crippen LogP contribution is -2.40. The van der Waals surface area contributed by atoms with Crippen molar-refractivity contribution in [2.24, 2.45) is 5.92 Å². The number of rotatable bonds is 7. The number of cyclic esters (lactones) is 1. The Hall–Kier alpha value is -2.35. The summed E-state index contributed by atoms with van der Waals surface area (Å²) in [7, 11) is 0. The smallest absolute Gasteiger partial charge is 0.414 e. The lowest BCUT2D eigenvalue weighted by atomic mass is 9.88. The fraction of sp³-hybridized carbons (Fsp3) is 0.562. The summed E-state index contributed by atoms with van der Waals surface area (Å²) in [5.74, 6) is 0.0725. The van der Waals surface area contributed by atoms with E-state index < -0.39 is 16.6 Å². The zero-order valence-electron chi connectivity index (χ0n) is 14.1. The summed E-state index contributed by atoms with van der Waals surface area (Å²) in [6.45, 7) is 6.52. The van der Waals surface area contributed by atoms with Crippen molar-refractivity contribution in [2.75, 3.05) is 29.9 Å². The molecule has 0 aromatic heterocycles. The van der Waals surface area contributed by atoms with Gasteiger partial charge in [0.15, 0.2) is 0 Å². The second kappa shape index (κ2) is 7.04. The number of hydrogen-bond donors (Lipinski definition) is 2. The van der Waals surface area contributed by atoms with E-state index in [1.807, 2.05) is 13.8 Å². The second-order valence-corrected chi connectivity index (χ2v) is 6.24.